The minimum atomic E-state index is 0.153. The van der Waals surface area contributed by atoms with Crippen molar-refractivity contribution < 1.29 is 4.79 Å². The van der Waals surface area contributed by atoms with E-state index in [0.717, 1.165) is 25.1 Å². The molecule has 1 amide bonds. The minimum Gasteiger partial charge on any atom is -0.326 e. The molecule has 1 aromatic carbocycles. The van der Waals surface area contributed by atoms with Crippen LogP contribution in [0.2, 0.25) is 0 Å². The van der Waals surface area contributed by atoms with Gasteiger partial charge in [0.2, 0.25) is 5.91 Å². The molecule has 0 aromatic heterocycles. The third-order valence-corrected chi connectivity index (χ3v) is 5.00. The van der Waals surface area contributed by atoms with E-state index in [0.29, 0.717) is 18.4 Å². The van der Waals surface area contributed by atoms with E-state index >= 15 is 0 Å². The van der Waals surface area contributed by atoms with E-state index in [9.17, 15) is 4.79 Å². The van der Waals surface area contributed by atoms with E-state index in [2.05, 4.69) is 35.8 Å². The van der Waals surface area contributed by atoms with Gasteiger partial charge in [0, 0.05) is 18.2 Å². The molecule has 1 saturated heterocycles. The van der Waals surface area contributed by atoms with E-state index in [4.69, 9.17) is 0 Å². The summed E-state index contributed by atoms with van der Waals surface area (Å²) < 4.78 is 0. The fourth-order valence-corrected chi connectivity index (χ4v) is 3.69. The molecule has 114 valence electrons. The summed E-state index contributed by atoms with van der Waals surface area (Å²) in [5.41, 5.74) is 3.82. The molecule has 2 aliphatic rings. The second-order valence-electron chi connectivity index (χ2n) is 6.58. The fraction of sp³-hybridized carbons (Fsp3) is 0.611. The number of piperidine rings is 1. The van der Waals surface area contributed by atoms with E-state index in [1.807, 2.05) is 0 Å². The largest absolute Gasteiger partial charge is 0.326 e. The van der Waals surface area contributed by atoms with E-state index in [1.165, 1.54) is 36.8 Å². The molecule has 0 bridgehead atoms. The first-order valence-electron chi connectivity index (χ1n) is 8.38. The fourth-order valence-electron chi connectivity index (χ4n) is 3.69. The summed E-state index contributed by atoms with van der Waals surface area (Å²) in [4.78, 5) is 12.4. The Balaban J connectivity index is 1.65. The highest BCUT2D eigenvalue weighted by molar-refractivity contribution is 5.92. The van der Waals surface area contributed by atoms with E-state index < -0.39 is 0 Å². The average molecular weight is 286 g/mol. The van der Waals surface area contributed by atoms with E-state index in [-0.39, 0.29) is 5.91 Å². The van der Waals surface area contributed by atoms with Gasteiger partial charge in [-0.15, -0.1) is 0 Å². The molecule has 1 aliphatic carbocycles. The Hall–Kier alpha value is -1.35. The third-order valence-electron chi connectivity index (χ3n) is 5.00. The van der Waals surface area contributed by atoms with Crippen LogP contribution in [0.5, 0.6) is 0 Å². The molecule has 1 fully saturated rings. The molecule has 1 heterocycles. The number of fused-ring (bicyclic) bond motifs is 1. The van der Waals surface area contributed by atoms with Crippen LogP contribution in [-0.4, -0.2) is 18.5 Å². The lowest BCUT2D eigenvalue weighted by atomic mass is 9.89. The highest BCUT2D eigenvalue weighted by Gasteiger charge is 2.23. The maximum absolute atomic E-state index is 12.4. The lowest BCUT2D eigenvalue weighted by Crippen LogP contribution is -2.42. The number of hydrogen-bond acceptors (Lipinski definition) is 2. The SMILES string of the molecule is CC1CCCNC1CC(=O)Nc1cccc2c1CCCC2. The van der Waals surface area contributed by atoms with Gasteiger partial charge in [0.15, 0.2) is 0 Å². The van der Waals surface area contributed by atoms with Crippen LogP contribution in [0.1, 0.15) is 50.2 Å². The monoisotopic (exact) mass is 286 g/mol. The molecule has 1 aliphatic heterocycles. The second-order valence-corrected chi connectivity index (χ2v) is 6.58. The Morgan fingerprint density at radius 2 is 2.14 bits per heavy atom. The zero-order valence-electron chi connectivity index (χ0n) is 13.0. The summed E-state index contributed by atoms with van der Waals surface area (Å²) in [6.07, 6.45) is 7.81. The molecule has 3 heteroatoms. The number of nitrogens with one attached hydrogen (secondary N) is 2. The standard InChI is InChI=1S/C18H26N2O/c1-13-6-5-11-19-17(13)12-18(21)20-16-10-4-8-14-7-2-3-9-15(14)16/h4,8,10,13,17,19H,2-3,5-7,9,11-12H2,1H3,(H,20,21). The highest BCUT2D eigenvalue weighted by atomic mass is 16.1. The van der Waals surface area contributed by atoms with Gasteiger partial charge in [-0.1, -0.05) is 19.1 Å². The number of benzene rings is 1. The first-order valence-corrected chi connectivity index (χ1v) is 8.38. The normalized spacial score (nSPS) is 25.2. The van der Waals surface area contributed by atoms with Gasteiger partial charge in [0.05, 0.1) is 0 Å². The van der Waals surface area contributed by atoms with Crippen molar-refractivity contribution in [2.24, 2.45) is 5.92 Å². The molecular formula is C18H26N2O. The molecule has 3 nitrogen and oxygen atoms in total. The average Bonchev–Trinajstić information content (AvgIpc) is 2.50. The molecule has 0 radical (unpaired) electrons. The van der Waals surface area contributed by atoms with Crippen LogP contribution in [0.4, 0.5) is 5.69 Å². The van der Waals surface area contributed by atoms with Crippen LogP contribution in [-0.2, 0) is 17.6 Å². The Bertz CT molecular complexity index is 512. The van der Waals surface area contributed by atoms with Crippen molar-refractivity contribution in [3.63, 3.8) is 0 Å². The first-order chi connectivity index (χ1) is 10.2. The topological polar surface area (TPSA) is 41.1 Å². The Morgan fingerprint density at radius 1 is 1.29 bits per heavy atom. The minimum absolute atomic E-state index is 0.153. The Morgan fingerprint density at radius 3 is 3.00 bits per heavy atom. The maximum Gasteiger partial charge on any atom is 0.225 e. The summed E-state index contributed by atoms with van der Waals surface area (Å²) in [5.74, 6) is 0.745. The first kappa shape index (κ1) is 14.6. The zero-order valence-corrected chi connectivity index (χ0v) is 13.0. The van der Waals surface area contributed by atoms with Gasteiger partial charge in [-0.2, -0.15) is 0 Å². The van der Waals surface area contributed by atoms with Crippen molar-refractivity contribution in [2.75, 3.05) is 11.9 Å². The van der Waals surface area contributed by atoms with Gasteiger partial charge in [0.25, 0.3) is 0 Å². The highest BCUT2D eigenvalue weighted by Crippen LogP contribution is 2.28. The van der Waals surface area contributed by atoms with Crippen molar-refractivity contribution in [3.8, 4) is 0 Å². The van der Waals surface area contributed by atoms with Crippen LogP contribution in [0.25, 0.3) is 0 Å². The molecule has 3 rings (SSSR count). The van der Waals surface area contributed by atoms with Crippen molar-refractivity contribution in [2.45, 2.75) is 57.9 Å². The van der Waals surface area contributed by atoms with Gasteiger partial charge in [-0.05, 0) is 68.2 Å². The van der Waals surface area contributed by atoms with Gasteiger partial charge >= 0.3 is 0 Å². The Kier molecular flexibility index (Phi) is 4.59. The van der Waals surface area contributed by atoms with Crippen molar-refractivity contribution >= 4 is 11.6 Å². The summed E-state index contributed by atoms with van der Waals surface area (Å²) in [5, 5.41) is 6.65. The number of hydrogen-bond donors (Lipinski definition) is 2. The van der Waals surface area contributed by atoms with Crippen LogP contribution >= 0.6 is 0 Å². The van der Waals surface area contributed by atoms with Crippen LogP contribution in [0, 0.1) is 5.92 Å². The van der Waals surface area contributed by atoms with Crippen LogP contribution in [0.15, 0.2) is 18.2 Å². The number of amides is 1. The number of aryl methyl sites for hydroxylation is 1. The molecule has 0 saturated carbocycles. The predicted molar refractivity (Wildman–Crippen MR) is 86.5 cm³/mol. The quantitative estimate of drug-likeness (QED) is 0.895. The van der Waals surface area contributed by atoms with Gasteiger partial charge in [-0.3, -0.25) is 4.79 Å². The molecule has 0 spiro atoms. The van der Waals surface area contributed by atoms with Crippen LogP contribution in [0.3, 0.4) is 0 Å². The lowest BCUT2D eigenvalue weighted by molar-refractivity contribution is -0.117. The lowest BCUT2D eigenvalue weighted by Gasteiger charge is -2.29. The van der Waals surface area contributed by atoms with E-state index in [1.54, 1.807) is 0 Å². The maximum atomic E-state index is 12.4. The van der Waals surface area contributed by atoms with Gasteiger partial charge in [-0.25, -0.2) is 0 Å². The Labute approximate surface area is 127 Å². The molecule has 21 heavy (non-hydrogen) atoms. The summed E-state index contributed by atoms with van der Waals surface area (Å²) in [6, 6.07) is 6.66. The molecule has 1 aromatic rings. The smallest absolute Gasteiger partial charge is 0.225 e. The van der Waals surface area contributed by atoms with Crippen molar-refractivity contribution in [3.05, 3.63) is 29.3 Å². The predicted octanol–water partition coefficient (Wildman–Crippen LogP) is 3.28. The third kappa shape index (κ3) is 3.46. The number of rotatable bonds is 3. The summed E-state index contributed by atoms with van der Waals surface area (Å²) in [7, 11) is 0. The number of carbonyl (C=O) groups excluding carboxylic acids is 1. The molecule has 2 unspecified atom stereocenters. The number of anilines is 1. The van der Waals surface area contributed by atoms with Crippen molar-refractivity contribution in [1.82, 2.24) is 5.32 Å². The van der Waals surface area contributed by atoms with Gasteiger partial charge in [0.1, 0.15) is 0 Å². The van der Waals surface area contributed by atoms with Crippen molar-refractivity contribution in [1.29, 1.82) is 0 Å². The van der Waals surface area contributed by atoms with Crippen LogP contribution < -0.4 is 10.6 Å². The summed E-state index contributed by atoms with van der Waals surface area (Å²) in [6.45, 7) is 3.29. The van der Waals surface area contributed by atoms with Gasteiger partial charge < -0.3 is 10.6 Å². The zero-order chi connectivity index (χ0) is 14.7. The second kappa shape index (κ2) is 6.61. The molecule has 2 atom stereocenters. The molecular weight excluding hydrogens is 260 g/mol. The summed E-state index contributed by atoms with van der Waals surface area (Å²) >= 11 is 0. The molecule has 2 N–H and O–H groups in total. The number of carbonyl (C=O) groups is 1.